The Morgan fingerprint density at radius 3 is 1.60 bits per heavy atom. The molecule has 0 aromatic heterocycles. The van der Waals surface area contributed by atoms with Crippen molar-refractivity contribution < 1.29 is 34.1 Å². The van der Waals surface area contributed by atoms with Gasteiger partial charge in [0.05, 0.1) is 0 Å². The van der Waals surface area contributed by atoms with E-state index in [-0.39, 0.29) is 32.7 Å². The minimum absolute atomic E-state index is 0. The van der Waals surface area contributed by atoms with E-state index in [1.54, 1.807) is 0 Å². The quantitative estimate of drug-likeness (QED) is 0.458. The van der Waals surface area contributed by atoms with Crippen LogP contribution in [0.2, 0.25) is 0 Å². The van der Waals surface area contributed by atoms with Gasteiger partial charge in [0.2, 0.25) is 0 Å². The van der Waals surface area contributed by atoms with E-state index in [0.717, 1.165) is 0 Å². The van der Waals surface area contributed by atoms with Crippen LogP contribution in [0.15, 0.2) is 0 Å². The number of hydrogen-bond donors (Lipinski definition) is 0. The first-order valence-corrected chi connectivity index (χ1v) is 1.15. The summed E-state index contributed by atoms with van der Waals surface area (Å²) in [6, 6.07) is 0. The second-order valence-electron chi connectivity index (χ2n) is 0.577. The first-order valence-electron chi connectivity index (χ1n) is 1.86. The molecule has 0 atom stereocenters. The molecule has 1 heteroatoms. The molecule has 0 saturated heterocycles. The summed E-state index contributed by atoms with van der Waals surface area (Å²) in [4.78, 5) is 0. The van der Waals surface area contributed by atoms with Gasteiger partial charge in [-0.1, -0.05) is 0 Å². The third-order valence-corrected chi connectivity index (χ3v) is 0. The van der Waals surface area contributed by atoms with Crippen LogP contribution in [-0.4, -0.2) is 0 Å². The van der Waals surface area contributed by atoms with Crippen LogP contribution in [0, 0.1) is 13.8 Å². The predicted molar refractivity (Wildman–Crippen MR) is 22.1 cm³/mol. The first-order chi connectivity index (χ1) is 2.41. The summed E-state index contributed by atoms with van der Waals surface area (Å²) in [5.74, 6) is 0. The van der Waals surface area contributed by atoms with Crippen LogP contribution < -0.4 is 0 Å². The molecule has 0 bridgehead atoms. The Morgan fingerprint density at radius 2 is 1.60 bits per heavy atom. The summed E-state index contributed by atoms with van der Waals surface area (Å²) in [6.45, 7) is 4.00. The van der Waals surface area contributed by atoms with Gasteiger partial charge < -0.3 is 13.8 Å². The van der Waals surface area contributed by atoms with Crippen molar-refractivity contribution in [3.05, 3.63) is 13.8 Å². The van der Waals surface area contributed by atoms with Crippen LogP contribution in [0.3, 0.4) is 0 Å². The van der Waals surface area contributed by atoms with Gasteiger partial charge in [0.15, 0.2) is 0 Å². The van der Waals surface area contributed by atoms with Crippen molar-refractivity contribution in [3.63, 3.8) is 0 Å². The van der Waals surface area contributed by atoms with Crippen molar-refractivity contribution in [1.82, 2.24) is 0 Å². The maximum Gasteiger partial charge on any atom is 0 e. The van der Waals surface area contributed by atoms with Crippen molar-refractivity contribution in [2.75, 3.05) is 0 Å². The van der Waals surface area contributed by atoms with Crippen molar-refractivity contribution in [3.8, 4) is 0 Å². The zero-order valence-electron chi connectivity index (χ0n) is 4.86. The zero-order chi connectivity index (χ0) is 4.71. The molecule has 0 heterocycles. The molecule has 1 radical (unpaired) electrons. The molecule has 0 saturated carbocycles. The fourth-order valence-electron chi connectivity index (χ4n) is 0. The molecule has 31 valence electrons. The maximum atomic E-state index is 5.50. The van der Waals surface area contributed by atoms with Crippen molar-refractivity contribution in [1.29, 1.82) is 0 Å². The molecule has 5 heavy (non-hydrogen) atoms. The molecule has 0 aliphatic rings. The molecule has 0 aliphatic carbocycles. The van der Waals surface area contributed by atoms with Gasteiger partial charge in [-0.05, 0) is 0 Å². The van der Waals surface area contributed by atoms with Gasteiger partial charge in [0, 0.05) is 32.7 Å². The maximum absolute atomic E-state index is 5.50. The third kappa shape index (κ3) is 40.4. The normalized spacial score (nSPS) is 5.00. The van der Waals surface area contributed by atoms with Crippen LogP contribution in [0.4, 0.5) is 0 Å². The van der Waals surface area contributed by atoms with Crippen LogP contribution in [0.1, 0.15) is 15.2 Å². The van der Waals surface area contributed by atoms with Crippen molar-refractivity contribution in [2.24, 2.45) is 0 Å². The number of hydrogen-bond acceptors (Lipinski definition) is 0. The molecule has 0 N–H and O–H groups in total. The van der Waals surface area contributed by atoms with Crippen LogP contribution >= 0.6 is 0 Å². The van der Waals surface area contributed by atoms with E-state index in [4.69, 9.17) is 1.37 Å². The van der Waals surface area contributed by atoms with Crippen molar-refractivity contribution in [2.45, 2.75) is 13.8 Å². The molecule has 0 aromatic carbocycles. The van der Waals surface area contributed by atoms with Gasteiger partial charge in [-0.2, -0.15) is 13.8 Å². The van der Waals surface area contributed by atoms with Crippen LogP contribution in [0.5, 0.6) is 0 Å². The van der Waals surface area contributed by atoms with Crippen LogP contribution in [-0.2, 0) is 32.7 Å². The van der Waals surface area contributed by atoms with E-state index in [1.165, 1.54) is 0 Å². The smallest absolute Gasteiger partial charge is 0 e. The second-order valence-corrected chi connectivity index (χ2v) is 0.577. The van der Waals surface area contributed by atoms with Gasteiger partial charge in [0.1, 0.15) is 0 Å². The van der Waals surface area contributed by atoms with Gasteiger partial charge in [-0.3, -0.25) is 0 Å². The van der Waals surface area contributed by atoms with E-state index in [2.05, 4.69) is 7.40 Å². The molecule has 0 aliphatic heterocycles. The Balaban J connectivity index is -0.0000000275. The SMILES string of the molecule is C[CH-]C.[2H][CH2-].[Y]. The number of rotatable bonds is 0. The largest absolute Gasteiger partial charge is 0.358 e. The molecule has 0 aromatic rings. The zero-order valence-corrected chi connectivity index (χ0v) is 6.70. The minimum atomic E-state index is 0. The molecule has 0 unspecified atom stereocenters. The average molecular weight is 148 g/mol. The molecule has 0 nitrogen and oxygen atoms in total. The Hall–Kier alpha value is 1.10. The van der Waals surface area contributed by atoms with E-state index >= 15 is 0 Å². The topological polar surface area (TPSA) is 0 Å². The third-order valence-electron chi connectivity index (χ3n) is 0. The Morgan fingerprint density at radius 1 is 1.60 bits per heavy atom. The summed E-state index contributed by atoms with van der Waals surface area (Å²) in [6.07, 6.45) is 2.00. The van der Waals surface area contributed by atoms with Gasteiger partial charge in [0.25, 0.3) is 0 Å². The minimum Gasteiger partial charge on any atom is -0.358 e. The second kappa shape index (κ2) is 19.4. The molecular weight excluding hydrogens is 137 g/mol. The Kier molecular flexibility index (Phi) is 36.7. The molecular formula is C4H10Y-2. The van der Waals surface area contributed by atoms with E-state index in [0.29, 0.717) is 0 Å². The summed E-state index contributed by atoms with van der Waals surface area (Å²) < 4.78 is 5.50. The van der Waals surface area contributed by atoms with Crippen LogP contribution in [0.25, 0.3) is 0 Å². The Bertz CT molecular complexity index is 7.51. The molecule has 0 spiro atoms. The summed E-state index contributed by atoms with van der Waals surface area (Å²) >= 11 is 0. The predicted octanol–water partition coefficient (Wildman–Crippen LogP) is 1.68. The molecule has 0 amide bonds. The average Bonchev–Trinajstić information content (AvgIpc) is 1.46. The van der Waals surface area contributed by atoms with Gasteiger partial charge in [-0.15, -0.1) is 0 Å². The Labute approximate surface area is 61.6 Å². The fourth-order valence-corrected chi connectivity index (χ4v) is 0. The fraction of sp³-hybridized carbons (Fsp3) is 0.500. The van der Waals surface area contributed by atoms with Gasteiger partial charge >= 0.3 is 0 Å². The standard InChI is InChI=1S/C3H7.CH3.Y/c1-3-2;;/h3H,1-2H3;1H3;/q2*-1;/i;1D;. The van der Waals surface area contributed by atoms with Gasteiger partial charge in [-0.25, -0.2) is 1.37 Å². The molecule has 0 fully saturated rings. The van der Waals surface area contributed by atoms with E-state index in [9.17, 15) is 0 Å². The summed E-state index contributed by atoms with van der Waals surface area (Å²) in [5.41, 5.74) is 0. The molecule has 0 rings (SSSR count). The van der Waals surface area contributed by atoms with E-state index < -0.39 is 0 Å². The summed E-state index contributed by atoms with van der Waals surface area (Å²) in [5, 5.41) is 0. The van der Waals surface area contributed by atoms with E-state index in [1.807, 2.05) is 20.3 Å². The van der Waals surface area contributed by atoms with Crippen molar-refractivity contribution >= 4 is 0 Å². The summed E-state index contributed by atoms with van der Waals surface area (Å²) in [7, 11) is 2.50. The first kappa shape index (κ1) is 9.44. The monoisotopic (exact) mass is 148 g/mol.